The van der Waals surface area contributed by atoms with Crippen LogP contribution in [0.1, 0.15) is 30.1 Å². The zero-order valence-electron chi connectivity index (χ0n) is 13.7. The lowest BCUT2D eigenvalue weighted by Gasteiger charge is -2.16. The predicted molar refractivity (Wildman–Crippen MR) is 101 cm³/mol. The minimum absolute atomic E-state index is 0.267. The highest BCUT2D eigenvalue weighted by atomic mass is 32.1. The van der Waals surface area contributed by atoms with Gasteiger partial charge < -0.3 is 10.0 Å². The van der Waals surface area contributed by atoms with Gasteiger partial charge in [0.1, 0.15) is 11.9 Å². The molecule has 1 atom stereocenters. The lowest BCUT2D eigenvalue weighted by molar-refractivity contribution is 0.221. The molecule has 126 valence electrons. The van der Waals surface area contributed by atoms with Gasteiger partial charge in [-0.25, -0.2) is 4.39 Å². The van der Waals surface area contributed by atoms with E-state index in [1.807, 2.05) is 30.3 Å². The van der Waals surface area contributed by atoms with Gasteiger partial charge in [-0.3, -0.25) is 0 Å². The molecule has 0 radical (unpaired) electrons. The van der Waals surface area contributed by atoms with Crippen LogP contribution in [0.5, 0.6) is 0 Å². The smallest absolute Gasteiger partial charge is 0.131 e. The Morgan fingerprint density at radius 1 is 0.960 bits per heavy atom. The molecule has 1 aliphatic carbocycles. The number of rotatable bonds is 1. The van der Waals surface area contributed by atoms with Crippen molar-refractivity contribution < 1.29 is 9.50 Å². The average molecular weight is 351 g/mol. The van der Waals surface area contributed by atoms with Gasteiger partial charge in [-0.1, -0.05) is 36.4 Å². The Labute approximate surface area is 150 Å². The molecule has 1 fully saturated rings. The second-order valence-corrected chi connectivity index (χ2v) is 7.75. The van der Waals surface area contributed by atoms with E-state index >= 15 is 0 Å². The first-order chi connectivity index (χ1) is 12.2. The van der Waals surface area contributed by atoms with Crippen LogP contribution in [-0.2, 0) is 0 Å². The Bertz CT molecular complexity index is 958. The molecule has 1 unspecified atom stereocenters. The van der Waals surface area contributed by atoms with Gasteiger partial charge in [-0.05, 0) is 41.7 Å². The van der Waals surface area contributed by atoms with Crippen molar-refractivity contribution in [3.05, 3.63) is 65.5 Å². The van der Waals surface area contributed by atoms with Gasteiger partial charge in [0.05, 0.1) is 5.00 Å². The van der Waals surface area contributed by atoms with Crippen molar-refractivity contribution in [1.29, 1.82) is 0 Å². The van der Waals surface area contributed by atoms with Crippen LogP contribution in [0.3, 0.4) is 0 Å². The normalized spacial score (nSPS) is 18.5. The van der Waals surface area contributed by atoms with E-state index < -0.39 is 6.10 Å². The Morgan fingerprint density at radius 3 is 2.56 bits per heavy atom. The maximum atomic E-state index is 14.8. The third-order valence-electron chi connectivity index (χ3n) is 5.25. The fourth-order valence-electron chi connectivity index (χ4n) is 4.02. The summed E-state index contributed by atoms with van der Waals surface area (Å²) in [5.41, 5.74) is 3.96. The zero-order valence-corrected chi connectivity index (χ0v) is 14.5. The molecule has 5 rings (SSSR count). The highest BCUT2D eigenvalue weighted by molar-refractivity contribution is 7.20. The van der Waals surface area contributed by atoms with Gasteiger partial charge >= 0.3 is 0 Å². The number of anilines is 1. The van der Waals surface area contributed by atoms with Gasteiger partial charge in [0.2, 0.25) is 0 Å². The van der Waals surface area contributed by atoms with Gasteiger partial charge in [0.25, 0.3) is 0 Å². The Balaban J connectivity index is 1.82. The fraction of sp³-hybridized carbons (Fsp3) is 0.238. The quantitative estimate of drug-likeness (QED) is 0.650. The SMILES string of the molecule is OC1c2ccccc2-c2sc(N3CCCC3)cc2-c2c(F)cccc21. The van der Waals surface area contributed by atoms with Gasteiger partial charge in [0, 0.05) is 29.1 Å². The van der Waals surface area contributed by atoms with Crippen LogP contribution in [0.2, 0.25) is 0 Å². The molecule has 1 aliphatic heterocycles. The van der Waals surface area contributed by atoms with E-state index in [1.165, 1.54) is 23.9 Å². The summed E-state index contributed by atoms with van der Waals surface area (Å²) in [6, 6.07) is 15.0. The zero-order chi connectivity index (χ0) is 17.0. The van der Waals surface area contributed by atoms with Crippen molar-refractivity contribution in [3.63, 3.8) is 0 Å². The van der Waals surface area contributed by atoms with Crippen molar-refractivity contribution in [3.8, 4) is 21.6 Å². The third kappa shape index (κ3) is 2.25. The summed E-state index contributed by atoms with van der Waals surface area (Å²) in [5, 5.41) is 12.1. The molecule has 2 nitrogen and oxygen atoms in total. The van der Waals surface area contributed by atoms with Crippen LogP contribution in [0.4, 0.5) is 9.39 Å². The molecule has 1 saturated heterocycles. The molecule has 2 aromatic carbocycles. The average Bonchev–Trinajstić information content (AvgIpc) is 3.29. The molecule has 0 bridgehead atoms. The van der Waals surface area contributed by atoms with E-state index in [1.54, 1.807) is 17.4 Å². The number of nitrogens with zero attached hydrogens (tertiary/aromatic N) is 1. The fourth-order valence-corrected chi connectivity index (χ4v) is 5.28. The van der Waals surface area contributed by atoms with Crippen molar-refractivity contribution in [2.75, 3.05) is 18.0 Å². The van der Waals surface area contributed by atoms with Crippen molar-refractivity contribution >= 4 is 16.3 Å². The lowest BCUT2D eigenvalue weighted by atomic mass is 9.96. The van der Waals surface area contributed by atoms with Crippen LogP contribution in [0.15, 0.2) is 48.5 Å². The molecule has 4 heteroatoms. The molecule has 1 aromatic heterocycles. The summed E-state index contributed by atoms with van der Waals surface area (Å²) in [6.45, 7) is 2.13. The van der Waals surface area contributed by atoms with Crippen LogP contribution < -0.4 is 4.90 Å². The van der Waals surface area contributed by atoms with E-state index in [9.17, 15) is 9.50 Å². The minimum atomic E-state index is -0.809. The minimum Gasteiger partial charge on any atom is -0.384 e. The van der Waals surface area contributed by atoms with Crippen molar-refractivity contribution in [2.24, 2.45) is 0 Å². The van der Waals surface area contributed by atoms with Gasteiger partial charge in [-0.15, -0.1) is 11.3 Å². The molecule has 2 heterocycles. The molecule has 0 saturated carbocycles. The highest BCUT2D eigenvalue weighted by Crippen LogP contribution is 2.51. The summed E-state index contributed by atoms with van der Waals surface area (Å²) < 4.78 is 14.8. The number of hydrogen-bond donors (Lipinski definition) is 1. The lowest BCUT2D eigenvalue weighted by Crippen LogP contribution is -2.15. The second kappa shape index (κ2) is 5.68. The highest BCUT2D eigenvalue weighted by Gasteiger charge is 2.30. The Morgan fingerprint density at radius 2 is 1.72 bits per heavy atom. The third-order valence-corrected chi connectivity index (χ3v) is 6.48. The number of benzene rings is 2. The molecule has 2 aliphatic rings. The Kier molecular flexibility index (Phi) is 3.43. The van der Waals surface area contributed by atoms with E-state index in [0.717, 1.165) is 34.7 Å². The summed E-state index contributed by atoms with van der Waals surface area (Å²) in [4.78, 5) is 3.44. The predicted octanol–water partition coefficient (Wildman–Crippen LogP) is 5.22. The number of aliphatic hydroxyl groups is 1. The van der Waals surface area contributed by atoms with Crippen LogP contribution in [0.25, 0.3) is 21.6 Å². The van der Waals surface area contributed by atoms with E-state index in [-0.39, 0.29) is 5.82 Å². The molecular weight excluding hydrogens is 333 g/mol. The molecule has 1 N–H and O–H groups in total. The van der Waals surface area contributed by atoms with Crippen molar-refractivity contribution in [1.82, 2.24) is 0 Å². The first-order valence-electron chi connectivity index (χ1n) is 8.69. The van der Waals surface area contributed by atoms with Crippen molar-refractivity contribution in [2.45, 2.75) is 18.9 Å². The number of halogens is 1. The first kappa shape index (κ1) is 15.1. The molecule has 0 spiro atoms. The van der Waals surface area contributed by atoms with E-state index in [0.29, 0.717) is 11.1 Å². The molecular formula is C21H18FNOS. The molecule has 25 heavy (non-hydrogen) atoms. The van der Waals surface area contributed by atoms with Gasteiger partial charge in [-0.2, -0.15) is 0 Å². The first-order valence-corrected chi connectivity index (χ1v) is 9.50. The number of thiophene rings is 1. The van der Waals surface area contributed by atoms with Gasteiger partial charge in [0.15, 0.2) is 0 Å². The maximum absolute atomic E-state index is 14.8. The number of fused-ring (bicyclic) bond motifs is 5. The number of hydrogen-bond acceptors (Lipinski definition) is 3. The summed E-state index contributed by atoms with van der Waals surface area (Å²) in [7, 11) is 0. The summed E-state index contributed by atoms with van der Waals surface area (Å²) in [5.74, 6) is -0.267. The molecule has 3 aromatic rings. The second-order valence-electron chi connectivity index (χ2n) is 6.72. The standard InChI is InChI=1S/C21H18FNOS/c22-17-9-5-8-15-19(17)16-12-18(23-10-3-4-11-23)25-21(16)14-7-2-1-6-13(14)20(15)24/h1-2,5-9,12,20,24H,3-4,10-11H2. The number of aliphatic hydroxyl groups excluding tert-OH is 1. The van der Waals surface area contributed by atoms with E-state index in [4.69, 9.17) is 0 Å². The van der Waals surface area contributed by atoms with Crippen LogP contribution in [-0.4, -0.2) is 18.2 Å². The molecule has 0 amide bonds. The Hall–Kier alpha value is -2.17. The largest absolute Gasteiger partial charge is 0.384 e. The topological polar surface area (TPSA) is 23.5 Å². The maximum Gasteiger partial charge on any atom is 0.131 e. The summed E-state index contributed by atoms with van der Waals surface area (Å²) >= 11 is 1.71. The van der Waals surface area contributed by atoms with Crippen LogP contribution >= 0.6 is 11.3 Å². The van der Waals surface area contributed by atoms with Crippen LogP contribution in [0, 0.1) is 5.82 Å². The van der Waals surface area contributed by atoms with E-state index in [2.05, 4.69) is 11.0 Å². The summed E-state index contributed by atoms with van der Waals surface area (Å²) in [6.07, 6.45) is 1.61. The monoisotopic (exact) mass is 351 g/mol.